The Morgan fingerprint density at radius 2 is 1.86 bits per heavy atom. The molecule has 37 heavy (non-hydrogen) atoms. The molecule has 2 aromatic rings. The fourth-order valence-corrected chi connectivity index (χ4v) is 7.04. The van der Waals surface area contributed by atoms with Gasteiger partial charge in [-0.25, -0.2) is 8.42 Å². The van der Waals surface area contributed by atoms with E-state index in [1.54, 1.807) is 24.3 Å². The second-order valence-electron chi connectivity index (χ2n) is 10.5. The van der Waals surface area contributed by atoms with Gasteiger partial charge < -0.3 is 16.0 Å². The molecule has 198 valence electrons. The van der Waals surface area contributed by atoms with Crippen molar-refractivity contribution in [3.8, 4) is 0 Å². The van der Waals surface area contributed by atoms with Gasteiger partial charge in [-0.15, -0.1) is 0 Å². The number of fused-ring (bicyclic) bond motifs is 1. The summed E-state index contributed by atoms with van der Waals surface area (Å²) >= 11 is 0. The quantitative estimate of drug-likeness (QED) is 0.492. The second-order valence-corrected chi connectivity index (χ2v) is 12.4. The first-order valence-corrected chi connectivity index (χ1v) is 14.8. The average molecular weight is 525 g/mol. The minimum Gasteiger partial charge on any atom is -0.353 e. The molecule has 5 rings (SSSR count). The number of nitrogens with zero attached hydrogens (tertiary/aromatic N) is 1. The van der Waals surface area contributed by atoms with Crippen molar-refractivity contribution in [3.05, 3.63) is 64.7 Å². The van der Waals surface area contributed by atoms with Crippen LogP contribution in [0, 0.1) is 6.92 Å². The summed E-state index contributed by atoms with van der Waals surface area (Å²) < 4.78 is 27.9. The molecule has 1 aliphatic heterocycles. The van der Waals surface area contributed by atoms with Crippen LogP contribution in [0.5, 0.6) is 0 Å². The number of nitrogens with one attached hydrogen (secondary N) is 3. The Morgan fingerprint density at radius 1 is 1.08 bits per heavy atom. The van der Waals surface area contributed by atoms with Crippen LogP contribution in [-0.2, 0) is 32.6 Å². The predicted octanol–water partition coefficient (Wildman–Crippen LogP) is 2.71. The van der Waals surface area contributed by atoms with E-state index in [1.165, 1.54) is 34.7 Å². The zero-order valence-corrected chi connectivity index (χ0v) is 22.1. The molecule has 9 heteroatoms. The second kappa shape index (κ2) is 10.9. The highest BCUT2D eigenvalue weighted by atomic mass is 32.2. The Kier molecular flexibility index (Phi) is 7.65. The first-order chi connectivity index (χ1) is 17.8. The smallest absolute Gasteiger partial charge is 0.243 e. The monoisotopic (exact) mass is 524 g/mol. The fourth-order valence-electron chi connectivity index (χ4n) is 5.45. The maximum atomic E-state index is 13.3. The van der Waals surface area contributed by atoms with Crippen LogP contribution >= 0.6 is 0 Å². The predicted molar refractivity (Wildman–Crippen MR) is 141 cm³/mol. The number of piperazine rings is 1. The van der Waals surface area contributed by atoms with E-state index in [1.807, 2.05) is 6.92 Å². The molecule has 1 heterocycles. The number of aryl methyl sites for hydroxylation is 2. The van der Waals surface area contributed by atoms with Gasteiger partial charge in [-0.3, -0.25) is 9.59 Å². The average Bonchev–Trinajstić information content (AvgIpc) is 2.84. The molecule has 2 aliphatic carbocycles. The number of rotatable bonds is 8. The van der Waals surface area contributed by atoms with Gasteiger partial charge in [0.25, 0.3) is 0 Å². The molecule has 3 N–H and O–H groups in total. The van der Waals surface area contributed by atoms with Gasteiger partial charge in [-0.1, -0.05) is 42.3 Å². The number of carbonyl (C=O) groups excluding carboxylic acids is 2. The molecule has 2 atom stereocenters. The van der Waals surface area contributed by atoms with Gasteiger partial charge in [0, 0.05) is 25.7 Å². The SMILES string of the molecule is Cc1ccc(S(=O)(=O)N2CCNC(=O)[C@H]2CC(=O)N[C@@H]2CCCc3cc(CNC4CCC4)ccc32)cc1. The van der Waals surface area contributed by atoms with Crippen LogP contribution in [0.25, 0.3) is 0 Å². The van der Waals surface area contributed by atoms with Gasteiger partial charge in [-0.2, -0.15) is 4.31 Å². The molecule has 0 aromatic heterocycles. The zero-order valence-electron chi connectivity index (χ0n) is 21.3. The van der Waals surface area contributed by atoms with Crippen molar-refractivity contribution in [2.75, 3.05) is 13.1 Å². The number of amides is 2. The highest BCUT2D eigenvalue weighted by Gasteiger charge is 2.40. The number of hydrogen-bond donors (Lipinski definition) is 3. The topological polar surface area (TPSA) is 108 Å². The lowest BCUT2D eigenvalue weighted by Gasteiger charge is -2.34. The summed E-state index contributed by atoms with van der Waals surface area (Å²) in [5.41, 5.74) is 4.57. The van der Waals surface area contributed by atoms with E-state index >= 15 is 0 Å². The molecule has 8 nitrogen and oxygen atoms in total. The Labute approximate surface area is 219 Å². The third kappa shape index (κ3) is 5.73. The van der Waals surface area contributed by atoms with Crippen molar-refractivity contribution < 1.29 is 18.0 Å². The Morgan fingerprint density at radius 3 is 2.59 bits per heavy atom. The van der Waals surface area contributed by atoms with Crippen molar-refractivity contribution in [3.63, 3.8) is 0 Å². The van der Waals surface area contributed by atoms with Crippen LogP contribution in [0.3, 0.4) is 0 Å². The molecule has 0 bridgehead atoms. The molecule has 0 unspecified atom stereocenters. The van der Waals surface area contributed by atoms with Crippen molar-refractivity contribution >= 4 is 21.8 Å². The summed E-state index contributed by atoms with van der Waals surface area (Å²) in [4.78, 5) is 26.0. The van der Waals surface area contributed by atoms with Crippen LogP contribution in [0.1, 0.15) is 66.8 Å². The van der Waals surface area contributed by atoms with E-state index in [4.69, 9.17) is 0 Å². The van der Waals surface area contributed by atoms with Crippen LogP contribution in [0.4, 0.5) is 0 Å². The maximum Gasteiger partial charge on any atom is 0.243 e. The van der Waals surface area contributed by atoms with E-state index < -0.39 is 22.0 Å². The molecule has 3 aliphatic rings. The summed E-state index contributed by atoms with van der Waals surface area (Å²) in [6, 6.07) is 12.4. The van der Waals surface area contributed by atoms with E-state index in [9.17, 15) is 18.0 Å². The number of carbonyl (C=O) groups is 2. The Balaban J connectivity index is 1.27. The highest BCUT2D eigenvalue weighted by Crippen LogP contribution is 2.31. The summed E-state index contributed by atoms with van der Waals surface area (Å²) in [5.74, 6) is -0.760. The van der Waals surface area contributed by atoms with Crippen LogP contribution in [0.2, 0.25) is 0 Å². The standard InChI is InChI=1S/C28H36N4O4S/c1-19-8-11-23(12-9-19)37(35,36)32-15-14-29-28(34)26(32)17-27(33)31-25-7-2-4-21-16-20(10-13-24(21)25)18-30-22-5-3-6-22/h8-13,16,22,25-26,30H,2-7,14-15,17-18H2,1H3,(H,29,34)(H,31,33)/t25-,26-/m1/s1. The molecule has 0 radical (unpaired) electrons. The fraction of sp³-hybridized carbons (Fsp3) is 0.500. The Bertz CT molecular complexity index is 1260. The van der Waals surface area contributed by atoms with Crippen LogP contribution in [-0.4, -0.2) is 49.7 Å². The summed E-state index contributed by atoms with van der Waals surface area (Å²) in [6.07, 6.45) is 6.36. The number of hydrogen-bond acceptors (Lipinski definition) is 5. The first kappa shape index (κ1) is 25.9. The third-order valence-electron chi connectivity index (χ3n) is 7.84. The highest BCUT2D eigenvalue weighted by molar-refractivity contribution is 7.89. The summed E-state index contributed by atoms with van der Waals surface area (Å²) in [6.45, 7) is 3.09. The minimum atomic E-state index is -3.92. The minimum absolute atomic E-state index is 0.127. The third-order valence-corrected chi connectivity index (χ3v) is 9.77. The van der Waals surface area contributed by atoms with Gasteiger partial charge in [0.1, 0.15) is 6.04 Å². The van der Waals surface area contributed by atoms with Gasteiger partial charge in [0.05, 0.1) is 17.4 Å². The van der Waals surface area contributed by atoms with Gasteiger partial charge in [-0.05, 0) is 67.9 Å². The van der Waals surface area contributed by atoms with Crippen molar-refractivity contribution in [1.82, 2.24) is 20.3 Å². The van der Waals surface area contributed by atoms with Gasteiger partial charge in [0.2, 0.25) is 21.8 Å². The van der Waals surface area contributed by atoms with E-state index in [0.29, 0.717) is 6.04 Å². The molecular weight excluding hydrogens is 488 g/mol. The number of benzene rings is 2. The lowest BCUT2D eigenvalue weighted by Crippen LogP contribution is -2.58. The normalized spacial score (nSPS) is 22.6. The molecule has 0 spiro atoms. The van der Waals surface area contributed by atoms with Crippen molar-refractivity contribution in [2.45, 2.75) is 81.4 Å². The van der Waals surface area contributed by atoms with Crippen LogP contribution < -0.4 is 16.0 Å². The number of sulfonamides is 1. The molecule has 2 amide bonds. The lowest BCUT2D eigenvalue weighted by molar-refractivity contribution is -0.132. The summed E-state index contributed by atoms with van der Waals surface area (Å²) in [5, 5.41) is 9.42. The van der Waals surface area contributed by atoms with Crippen molar-refractivity contribution in [2.24, 2.45) is 0 Å². The summed E-state index contributed by atoms with van der Waals surface area (Å²) in [7, 11) is -3.92. The molecule has 2 fully saturated rings. The maximum absolute atomic E-state index is 13.3. The first-order valence-electron chi connectivity index (χ1n) is 13.3. The van der Waals surface area contributed by atoms with E-state index in [2.05, 4.69) is 34.1 Å². The largest absolute Gasteiger partial charge is 0.353 e. The Hall–Kier alpha value is -2.75. The van der Waals surface area contributed by atoms with E-state index in [0.717, 1.165) is 36.9 Å². The molecular formula is C28H36N4O4S. The van der Waals surface area contributed by atoms with E-state index in [-0.39, 0.29) is 36.4 Å². The molecule has 2 aromatic carbocycles. The molecule has 1 saturated heterocycles. The van der Waals surface area contributed by atoms with Crippen molar-refractivity contribution in [1.29, 1.82) is 0 Å². The van der Waals surface area contributed by atoms with Gasteiger partial charge >= 0.3 is 0 Å². The lowest BCUT2D eigenvalue weighted by atomic mass is 9.86. The zero-order chi connectivity index (χ0) is 26.0. The van der Waals surface area contributed by atoms with Crippen LogP contribution in [0.15, 0.2) is 47.4 Å². The van der Waals surface area contributed by atoms with Gasteiger partial charge in [0.15, 0.2) is 0 Å². The molecule has 1 saturated carbocycles.